The molecule has 0 bridgehead atoms. The molecule has 0 fully saturated rings. The van der Waals surface area contributed by atoms with Gasteiger partial charge in [-0.2, -0.15) is 0 Å². The zero-order chi connectivity index (χ0) is 8.69. The van der Waals surface area contributed by atoms with Gasteiger partial charge < -0.3 is 4.74 Å². The fourth-order valence-corrected chi connectivity index (χ4v) is 0.756. The van der Waals surface area contributed by atoms with Crippen molar-refractivity contribution >= 4 is 28.4 Å². The average Bonchev–Trinajstić information content (AvgIpc) is 1.97. The van der Waals surface area contributed by atoms with E-state index >= 15 is 0 Å². The lowest BCUT2D eigenvalue weighted by molar-refractivity contribution is -0.118. The van der Waals surface area contributed by atoms with Crippen molar-refractivity contribution in [3.63, 3.8) is 0 Å². The van der Waals surface area contributed by atoms with Gasteiger partial charge in [0.05, 0.1) is 0 Å². The van der Waals surface area contributed by atoms with Crippen molar-refractivity contribution < 1.29 is 9.53 Å². The molecule has 0 rings (SSSR count). The molecule has 1 atom stereocenters. The minimum atomic E-state index is -0.978. The summed E-state index contributed by atoms with van der Waals surface area (Å²) >= 11 is 10.4. The number of carbonyl (C=O) groups is 1. The Morgan fingerprint density at radius 2 is 2.18 bits per heavy atom. The summed E-state index contributed by atoms with van der Waals surface area (Å²) in [5, 5.41) is -0.650. The van der Waals surface area contributed by atoms with E-state index in [1.807, 2.05) is 0 Å². The first-order valence-corrected chi connectivity index (χ1v) is 4.45. The Bertz CT molecular complexity index is 117. The number of alkyl halides is 1. The SMILES string of the molecule is CCCCCOC(Cl)C(=O)Cl. The highest BCUT2D eigenvalue weighted by atomic mass is 35.5. The highest BCUT2D eigenvalue weighted by molar-refractivity contribution is 6.68. The van der Waals surface area contributed by atoms with Gasteiger partial charge in [0.25, 0.3) is 5.24 Å². The molecule has 0 saturated heterocycles. The van der Waals surface area contributed by atoms with Crippen LogP contribution >= 0.6 is 23.2 Å². The topological polar surface area (TPSA) is 26.3 Å². The van der Waals surface area contributed by atoms with Crippen molar-refractivity contribution in [1.29, 1.82) is 0 Å². The molecule has 0 N–H and O–H groups in total. The summed E-state index contributed by atoms with van der Waals surface area (Å²) in [6.45, 7) is 2.59. The van der Waals surface area contributed by atoms with Crippen LogP contribution < -0.4 is 0 Å². The van der Waals surface area contributed by atoms with E-state index in [9.17, 15) is 4.79 Å². The Morgan fingerprint density at radius 1 is 1.55 bits per heavy atom. The van der Waals surface area contributed by atoms with E-state index in [-0.39, 0.29) is 0 Å². The van der Waals surface area contributed by atoms with Crippen LogP contribution in [-0.4, -0.2) is 17.4 Å². The third-order valence-electron chi connectivity index (χ3n) is 1.19. The van der Waals surface area contributed by atoms with Crippen molar-refractivity contribution in [1.82, 2.24) is 0 Å². The molecule has 0 aliphatic heterocycles. The van der Waals surface area contributed by atoms with Gasteiger partial charge in [0.2, 0.25) is 5.56 Å². The summed E-state index contributed by atoms with van der Waals surface area (Å²) in [4.78, 5) is 10.3. The normalized spacial score (nSPS) is 13.0. The highest BCUT2D eigenvalue weighted by Crippen LogP contribution is 2.04. The van der Waals surface area contributed by atoms with Gasteiger partial charge in [0.1, 0.15) is 0 Å². The number of hydrogen-bond acceptors (Lipinski definition) is 2. The molecule has 0 aliphatic rings. The molecule has 0 aromatic carbocycles. The van der Waals surface area contributed by atoms with E-state index in [1.165, 1.54) is 0 Å². The van der Waals surface area contributed by atoms with Crippen molar-refractivity contribution in [3.8, 4) is 0 Å². The minimum Gasteiger partial charge on any atom is -0.354 e. The summed E-state index contributed by atoms with van der Waals surface area (Å²) in [7, 11) is 0. The van der Waals surface area contributed by atoms with Crippen molar-refractivity contribution in [2.24, 2.45) is 0 Å². The molecule has 0 spiro atoms. The fourth-order valence-electron chi connectivity index (χ4n) is 0.604. The Kier molecular flexibility index (Phi) is 7.02. The molecule has 0 aliphatic carbocycles. The molecule has 0 aromatic heterocycles. The Hall–Kier alpha value is 0.210. The molecule has 4 heteroatoms. The average molecular weight is 199 g/mol. The zero-order valence-electron chi connectivity index (χ0n) is 6.48. The van der Waals surface area contributed by atoms with Gasteiger partial charge >= 0.3 is 0 Å². The molecule has 11 heavy (non-hydrogen) atoms. The molecule has 66 valence electrons. The smallest absolute Gasteiger partial charge is 0.265 e. The number of halogens is 2. The molecule has 1 unspecified atom stereocenters. The molecule has 0 radical (unpaired) electrons. The Labute approximate surface area is 76.8 Å². The van der Waals surface area contributed by atoms with E-state index < -0.39 is 10.8 Å². The van der Waals surface area contributed by atoms with Gasteiger partial charge in [-0.05, 0) is 18.0 Å². The maximum absolute atomic E-state index is 10.3. The van der Waals surface area contributed by atoms with Crippen molar-refractivity contribution in [3.05, 3.63) is 0 Å². The van der Waals surface area contributed by atoms with Crippen LogP contribution in [0.4, 0.5) is 0 Å². The second kappa shape index (κ2) is 6.89. The lowest BCUT2D eigenvalue weighted by Crippen LogP contribution is -2.13. The van der Waals surface area contributed by atoms with E-state index in [2.05, 4.69) is 6.92 Å². The van der Waals surface area contributed by atoms with E-state index in [1.54, 1.807) is 0 Å². The molecule has 0 heterocycles. The van der Waals surface area contributed by atoms with Crippen LogP contribution in [0.25, 0.3) is 0 Å². The van der Waals surface area contributed by atoms with E-state index in [0.29, 0.717) is 6.61 Å². The monoisotopic (exact) mass is 198 g/mol. The molecule has 0 saturated carbocycles. The van der Waals surface area contributed by atoms with Crippen LogP contribution in [0, 0.1) is 0 Å². The van der Waals surface area contributed by atoms with E-state index in [4.69, 9.17) is 27.9 Å². The maximum Gasteiger partial charge on any atom is 0.265 e. The third-order valence-corrected chi connectivity index (χ3v) is 1.82. The van der Waals surface area contributed by atoms with Crippen molar-refractivity contribution in [2.75, 3.05) is 6.61 Å². The summed E-state index contributed by atoms with van der Waals surface area (Å²) in [5.74, 6) is 0. The van der Waals surface area contributed by atoms with Gasteiger partial charge in [-0.25, -0.2) is 0 Å². The summed E-state index contributed by atoms with van der Waals surface area (Å²) in [5.41, 5.74) is -0.978. The van der Waals surface area contributed by atoms with Crippen molar-refractivity contribution in [2.45, 2.75) is 31.7 Å². The van der Waals surface area contributed by atoms with E-state index in [0.717, 1.165) is 19.3 Å². The summed E-state index contributed by atoms with van der Waals surface area (Å²) < 4.78 is 4.89. The fraction of sp³-hybridized carbons (Fsp3) is 0.857. The molecular formula is C7H12Cl2O2. The highest BCUT2D eigenvalue weighted by Gasteiger charge is 2.11. The van der Waals surface area contributed by atoms with Crippen LogP contribution in [0.1, 0.15) is 26.2 Å². The number of rotatable bonds is 6. The van der Waals surface area contributed by atoms with Crippen LogP contribution in [0.2, 0.25) is 0 Å². The third kappa shape index (κ3) is 6.60. The van der Waals surface area contributed by atoms with Crippen LogP contribution in [0.5, 0.6) is 0 Å². The lowest BCUT2D eigenvalue weighted by atomic mass is 10.3. The predicted octanol–water partition coefficient (Wildman–Crippen LogP) is 2.52. The molecule has 0 aromatic rings. The summed E-state index contributed by atoms with van der Waals surface area (Å²) in [6.07, 6.45) is 3.12. The quantitative estimate of drug-likeness (QED) is 0.373. The number of unbranched alkanes of at least 4 members (excludes halogenated alkanes) is 2. The number of carbonyl (C=O) groups excluding carboxylic acids is 1. The van der Waals surface area contributed by atoms with Crippen LogP contribution in [0.3, 0.4) is 0 Å². The Balaban J connectivity index is 3.17. The molecule has 2 nitrogen and oxygen atoms in total. The second-order valence-corrected chi connectivity index (χ2v) is 2.97. The second-order valence-electron chi connectivity index (χ2n) is 2.20. The standard InChI is InChI=1S/C7H12Cl2O2/c1-2-3-4-5-11-7(9)6(8)10/h7H,2-5H2,1H3. The van der Waals surface area contributed by atoms with Gasteiger partial charge in [0.15, 0.2) is 0 Å². The molecular weight excluding hydrogens is 187 g/mol. The zero-order valence-corrected chi connectivity index (χ0v) is 7.99. The van der Waals surface area contributed by atoms with Crippen LogP contribution in [0.15, 0.2) is 0 Å². The van der Waals surface area contributed by atoms with Gasteiger partial charge in [-0.15, -0.1) is 0 Å². The number of ether oxygens (including phenoxy) is 1. The lowest BCUT2D eigenvalue weighted by Gasteiger charge is -2.04. The van der Waals surface area contributed by atoms with Gasteiger partial charge in [-0.1, -0.05) is 31.4 Å². The maximum atomic E-state index is 10.3. The largest absolute Gasteiger partial charge is 0.354 e. The van der Waals surface area contributed by atoms with Crippen LogP contribution in [-0.2, 0) is 9.53 Å². The van der Waals surface area contributed by atoms with Gasteiger partial charge in [0, 0.05) is 6.61 Å². The first-order valence-electron chi connectivity index (χ1n) is 3.63. The minimum absolute atomic E-state index is 0.500. The first-order chi connectivity index (χ1) is 5.18. The van der Waals surface area contributed by atoms with Gasteiger partial charge in [-0.3, -0.25) is 4.79 Å². The number of hydrogen-bond donors (Lipinski definition) is 0. The Morgan fingerprint density at radius 3 is 2.64 bits per heavy atom. The predicted molar refractivity (Wildman–Crippen MR) is 46.0 cm³/mol. The summed E-state index contributed by atoms with van der Waals surface area (Å²) in [6, 6.07) is 0. The molecule has 0 amide bonds. The first kappa shape index (κ1) is 11.2.